The average molecular weight is 921 g/mol. The fourth-order valence-electron chi connectivity index (χ4n) is 7.78. The molecule has 380 valence electrons. The van der Waals surface area contributed by atoms with E-state index in [4.69, 9.17) is 14.2 Å². The number of carbonyl (C=O) groups is 3. The quantitative estimate of drug-likeness (QED) is 0.0262. The Bertz CT molecular complexity index is 1240. The van der Waals surface area contributed by atoms with Crippen LogP contribution < -0.4 is 0 Å². The van der Waals surface area contributed by atoms with Crippen molar-refractivity contribution in [2.75, 3.05) is 13.2 Å². The Hall–Kier alpha value is -3.15. The van der Waals surface area contributed by atoms with Gasteiger partial charge in [-0.05, 0) is 77.0 Å². The standard InChI is InChI=1S/C60H104O6/c1-4-7-10-13-16-19-22-25-27-29-30-31-33-35-38-41-44-47-50-53-59(62)65-56-57(55-64-58(61)52-49-46-43-40-37-34-24-21-18-15-12-9-6-3)66-60(63)54-51-48-45-42-39-36-32-28-26-23-20-17-14-11-8-5-2/h9,12,18,20-21,23,28,32,34,37,43,46,57H,4-8,10-11,13-17,19,22,24-27,29-31,33,35-36,38-42,44-45,47-56H2,1-3H3/b12-9-,21-18-,23-20-,32-28-,37-34-,46-43-. The predicted molar refractivity (Wildman–Crippen MR) is 284 cm³/mol. The number of allylic oxidation sites excluding steroid dienone is 12. The van der Waals surface area contributed by atoms with Crippen molar-refractivity contribution in [2.45, 2.75) is 277 Å². The van der Waals surface area contributed by atoms with E-state index in [0.717, 1.165) is 89.9 Å². The van der Waals surface area contributed by atoms with E-state index in [1.807, 2.05) is 6.08 Å². The highest BCUT2D eigenvalue weighted by atomic mass is 16.6. The van der Waals surface area contributed by atoms with Gasteiger partial charge in [0.25, 0.3) is 0 Å². The largest absolute Gasteiger partial charge is 0.462 e. The number of rotatable bonds is 50. The van der Waals surface area contributed by atoms with E-state index in [1.165, 1.54) is 135 Å². The highest BCUT2D eigenvalue weighted by Gasteiger charge is 2.19. The molecule has 1 atom stereocenters. The van der Waals surface area contributed by atoms with E-state index in [2.05, 4.69) is 87.6 Å². The molecule has 1 unspecified atom stereocenters. The summed E-state index contributed by atoms with van der Waals surface area (Å²) >= 11 is 0. The molecule has 0 bridgehead atoms. The lowest BCUT2D eigenvalue weighted by Gasteiger charge is -2.18. The van der Waals surface area contributed by atoms with Gasteiger partial charge in [-0.15, -0.1) is 0 Å². The fraction of sp³-hybridized carbons (Fsp3) is 0.750. The van der Waals surface area contributed by atoms with Crippen molar-refractivity contribution in [1.29, 1.82) is 0 Å². The Balaban J connectivity index is 4.42. The summed E-state index contributed by atoms with van der Waals surface area (Å²) in [6.07, 6.45) is 69.1. The summed E-state index contributed by atoms with van der Waals surface area (Å²) < 4.78 is 16.8. The average Bonchev–Trinajstić information content (AvgIpc) is 3.31. The number of hydrogen-bond donors (Lipinski definition) is 0. The van der Waals surface area contributed by atoms with Crippen LogP contribution in [0.2, 0.25) is 0 Å². The van der Waals surface area contributed by atoms with Gasteiger partial charge in [0.15, 0.2) is 6.10 Å². The topological polar surface area (TPSA) is 78.9 Å². The lowest BCUT2D eigenvalue weighted by molar-refractivity contribution is -0.166. The van der Waals surface area contributed by atoms with Crippen LogP contribution in [0, 0.1) is 0 Å². The van der Waals surface area contributed by atoms with Gasteiger partial charge in [0, 0.05) is 19.3 Å². The second-order valence-electron chi connectivity index (χ2n) is 18.5. The van der Waals surface area contributed by atoms with Crippen LogP contribution in [0.1, 0.15) is 271 Å². The van der Waals surface area contributed by atoms with E-state index in [9.17, 15) is 14.4 Å². The molecule has 0 aromatic heterocycles. The van der Waals surface area contributed by atoms with Crippen LogP contribution in [0.15, 0.2) is 72.9 Å². The highest BCUT2D eigenvalue weighted by molar-refractivity contribution is 5.71. The number of hydrogen-bond acceptors (Lipinski definition) is 6. The summed E-state index contributed by atoms with van der Waals surface area (Å²) in [6, 6.07) is 0. The van der Waals surface area contributed by atoms with Gasteiger partial charge in [-0.2, -0.15) is 0 Å². The molecule has 0 saturated carbocycles. The van der Waals surface area contributed by atoms with Crippen molar-refractivity contribution in [3.05, 3.63) is 72.9 Å². The molecule has 6 nitrogen and oxygen atoms in total. The van der Waals surface area contributed by atoms with Crippen molar-refractivity contribution in [1.82, 2.24) is 0 Å². The van der Waals surface area contributed by atoms with Gasteiger partial charge in [-0.3, -0.25) is 14.4 Å². The summed E-state index contributed by atoms with van der Waals surface area (Å²) in [5.41, 5.74) is 0. The minimum Gasteiger partial charge on any atom is -0.462 e. The van der Waals surface area contributed by atoms with Gasteiger partial charge in [0.05, 0.1) is 0 Å². The maximum absolute atomic E-state index is 12.8. The van der Waals surface area contributed by atoms with E-state index in [-0.39, 0.29) is 37.5 Å². The van der Waals surface area contributed by atoms with Crippen LogP contribution in [0.25, 0.3) is 0 Å². The monoisotopic (exact) mass is 921 g/mol. The third kappa shape index (κ3) is 51.8. The number of ether oxygens (including phenoxy) is 3. The smallest absolute Gasteiger partial charge is 0.306 e. The summed E-state index contributed by atoms with van der Waals surface area (Å²) in [5.74, 6) is -0.993. The Morgan fingerprint density at radius 1 is 0.318 bits per heavy atom. The lowest BCUT2D eigenvalue weighted by atomic mass is 10.0. The van der Waals surface area contributed by atoms with E-state index in [0.29, 0.717) is 19.3 Å². The third-order valence-electron chi connectivity index (χ3n) is 12.0. The zero-order chi connectivity index (χ0) is 47.9. The SMILES string of the molecule is CC/C=C\C/C=C\C/C=C\C/C=C\CCC(=O)OCC(COC(=O)CCCCCCCCCCCCCCCCCCCCC)OC(=O)CCCCCCC/C=C\C/C=C\CCCCCC. The van der Waals surface area contributed by atoms with Crippen LogP contribution in [0.3, 0.4) is 0 Å². The van der Waals surface area contributed by atoms with Gasteiger partial charge < -0.3 is 14.2 Å². The number of unbranched alkanes of at least 4 members (excludes halogenated alkanes) is 27. The summed E-state index contributed by atoms with van der Waals surface area (Å²) in [6.45, 7) is 6.45. The minimum atomic E-state index is -0.810. The first-order chi connectivity index (χ1) is 32.5. The molecule has 0 aromatic rings. The molecule has 66 heavy (non-hydrogen) atoms. The van der Waals surface area contributed by atoms with Crippen LogP contribution in [0.5, 0.6) is 0 Å². The predicted octanol–water partition coefficient (Wildman–Crippen LogP) is 18.6. The van der Waals surface area contributed by atoms with Gasteiger partial charge in [0.2, 0.25) is 0 Å². The van der Waals surface area contributed by atoms with Gasteiger partial charge in [0.1, 0.15) is 13.2 Å². The highest BCUT2D eigenvalue weighted by Crippen LogP contribution is 2.16. The zero-order valence-corrected chi connectivity index (χ0v) is 43.4. The van der Waals surface area contributed by atoms with E-state index in [1.54, 1.807) is 0 Å². The first kappa shape index (κ1) is 62.8. The van der Waals surface area contributed by atoms with Crippen molar-refractivity contribution in [2.24, 2.45) is 0 Å². The Morgan fingerprint density at radius 2 is 0.621 bits per heavy atom. The van der Waals surface area contributed by atoms with Gasteiger partial charge >= 0.3 is 17.9 Å². The molecular weight excluding hydrogens is 817 g/mol. The Kier molecular flexibility index (Phi) is 51.9. The normalized spacial score (nSPS) is 12.6. The second kappa shape index (κ2) is 54.5. The molecule has 0 spiro atoms. The molecule has 0 aromatic carbocycles. The second-order valence-corrected chi connectivity index (χ2v) is 18.5. The van der Waals surface area contributed by atoms with Gasteiger partial charge in [-0.25, -0.2) is 0 Å². The molecular formula is C60H104O6. The maximum atomic E-state index is 12.8. The van der Waals surface area contributed by atoms with Crippen molar-refractivity contribution in [3.63, 3.8) is 0 Å². The lowest BCUT2D eigenvalue weighted by Crippen LogP contribution is -2.30. The van der Waals surface area contributed by atoms with Crippen molar-refractivity contribution < 1.29 is 28.6 Å². The summed E-state index contributed by atoms with van der Waals surface area (Å²) in [4.78, 5) is 38.0. The van der Waals surface area contributed by atoms with Gasteiger partial charge in [-0.1, -0.05) is 248 Å². The third-order valence-corrected chi connectivity index (χ3v) is 12.0. The molecule has 0 heterocycles. The molecule has 0 aliphatic carbocycles. The van der Waals surface area contributed by atoms with Crippen LogP contribution >= 0.6 is 0 Å². The minimum absolute atomic E-state index is 0.101. The zero-order valence-electron chi connectivity index (χ0n) is 43.4. The molecule has 6 heteroatoms. The first-order valence-electron chi connectivity index (χ1n) is 27.9. The van der Waals surface area contributed by atoms with Crippen LogP contribution in [-0.4, -0.2) is 37.2 Å². The molecule has 0 amide bonds. The first-order valence-corrected chi connectivity index (χ1v) is 27.9. The van der Waals surface area contributed by atoms with Crippen LogP contribution in [0.4, 0.5) is 0 Å². The molecule has 0 saturated heterocycles. The molecule has 0 N–H and O–H groups in total. The summed E-state index contributed by atoms with van der Waals surface area (Å²) in [7, 11) is 0. The van der Waals surface area contributed by atoms with E-state index < -0.39 is 6.10 Å². The number of carbonyl (C=O) groups excluding carboxylic acids is 3. The van der Waals surface area contributed by atoms with Crippen LogP contribution in [-0.2, 0) is 28.6 Å². The molecule has 0 fully saturated rings. The molecule has 0 radical (unpaired) electrons. The number of esters is 3. The molecule has 0 rings (SSSR count). The maximum Gasteiger partial charge on any atom is 0.306 e. The Labute approximate surface area is 408 Å². The summed E-state index contributed by atoms with van der Waals surface area (Å²) in [5, 5.41) is 0. The van der Waals surface area contributed by atoms with Crippen molar-refractivity contribution in [3.8, 4) is 0 Å². The Morgan fingerprint density at radius 3 is 1.03 bits per heavy atom. The molecule has 0 aliphatic heterocycles. The van der Waals surface area contributed by atoms with Crippen molar-refractivity contribution >= 4 is 17.9 Å². The fourth-order valence-corrected chi connectivity index (χ4v) is 7.78. The molecule has 0 aliphatic rings. The van der Waals surface area contributed by atoms with E-state index >= 15 is 0 Å².